The topological polar surface area (TPSA) is 51.2 Å². The predicted octanol–water partition coefficient (Wildman–Crippen LogP) is 4.72. The highest BCUT2D eigenvalue weighted by atomic mass is 16.5. The fourth-order valence-corrected chi connectivity index (χ4v) is 2.72. The molecule has 1 aromatic heterocycles. The molecule has 3 rings (SSSR count). The molecule has 4 nitrogen and oxygen atoms in total. The first-order valence-electron chi connectivity index (χ1n) is 8.14. The summed E-state index contributed by atoms with van der Waals surface area (Å²) >= 11 is 0. The Morgan fingerprint density at radius 3 is 2.62 bits per heavy atom. The lowest BCUT2D eigenvalue weighted by Gasteiger charge is -2.16. The van der Waals surface area contributed by atoms with E-state index in [1.165, 1.54) is 5.56 Å². The third kappa shape index (κ3) is 3.08. The van der Waals surface area contributed by atoms with Crippen molar-refractivity contribution in [1.29, 1.82) is 0 Å². The van der Waals surface area contributed by atoms with Crippen molar-refractivity contribution in [2.24, 2.45) is 0 Å². The molecule has 0 aliphatic heterocycles. The summed E-state index contributed by atoms with van der Waals surface area (Å²) in [6, 6.07) is 15.9. The summed E-state index contributed by atoms with van der Waals surface area (Å²) in [5, 5.41) is 4.33. The summed E-state index contributed by atoms with van der Waals surface area (Å²) in [7, 11) is 0. The zero-order valence-electron chi connectivity index (χ0n) is 13.9. The number of benzene rings is 2. The van der Waals surface area contributed by atoms with Crippen LogP contribution >= 0.6 is 0 Å². The molecule has 1 N–H and O–H groups in total. The number of nitrogens with one attached hydrogen (secondary N) is 1. The van der Waals surface area contributed by atoms with E-state index in [0.717, 1.165) is 28.7 Å². The zero-order valence-corrected chi connectivity index (χ0v) is 13.9. The van der Waals surface area contributed by atoms with Crippen molar-refractivity contribution < 1.29 is 9.53 Å². The van der Waals surface area contributed by atoms with Crippen molar-refractivity contribution in [3.8, 4) is 0 Å². The Morgan fingerprint density at radius 2 is 1.83 bits per heavy atom. The van der Waals surface area contributed by atoms with Crippen LogP contribution in [0.2, 0.25) is 0 Å². The molecule has 0 spiro atoms. The van der Waals surface area contributed by atoms with Gasteiger partial charge >= 0.3 is 5.97 Å². The van der Waals surface area contributed by atoms with Crippen LogP contribution in [-0.4, -0.2) is 17.6 Å². The number of nitrogens with zero attached hydrogens (tertiary/aromatic N) is 1. The van der Waals surface area contributed by atoms with Crippen LogP contribution in [-0.2, 0) is 11.2 Å². The van der Waals surface area contributed by atoms with Gasteiger partial charge in [-0.15, -0.1) is 0 Å². The van der Waals surface area contributed by atoms with E-state index in [2.05, 4.69) is 23.3 Å². The molecule has 3 aromatic rings. The fraction of sp³-hybridized carbons (Fsp3) is 0.200. The third-order valence-electron chi connectivity index (χ3n) is 3.93. The Balaban J connectivity index is 2.16. The zero-order chi connectivity index (χ0) is 16.9. The molecular formula is C20H20N2O2. The van der Waals surface area contributed by atoms with Crippen molar-refractivity contribution in [1.82, 2.24) is 4.98 Å². The van der Waals surface area contributed by atoms with Crippen LogP contribution in [0.3, 0.4) is 0 Å². The Kier molecular flexibility index (Phi) is 4.75. The van der Waals surface area contributed by atoms with Gasteiger partial charge < -0.3 is 10.1 Å². The van der Waals surface area contributed by atoms with Crippen molar-refractivity contribution in [2.45, 2.75) is 20.3 Å². The molecule has 0 radical (unpaired) electrons. The first-order valence-corrected chi connectivity index (χ1v) is 8.14. The van der Waals surface area contributed by atoms with E-state index in [9.17, 15) is 4.79 Å². The van der Waals surface area contributed by atoms with Gasteiger partial charge in [0.15, 0.2) is 0 Å². The number of ether oxygens (including phenoxy) is 1. The van der Waals surface area contributed by atoms with Gasteiger partial charge in [-0.05, 0) is 31.0 Å². The molecule has 2 aromatic carbocycles. The predicted molar refractivity (Wildman–Crippen MR) is 96.8 cm³/mol. The smallest absolute Gasteiger partial charge is 0.341 e. The number of pyridine rings is 1. The molecule has 0 saturated carbocycles. The molecule has 0 saturated heterocycles. The van der Waals surface area contributed by atoms with Crippen LogP contribution in [0.25, 0.3) is 10.9 Å². The van der Waals surface area contributed by atoms with Gasteiger partial charge in [-0.3, -0.25) is 4.98 Å². The van der Waals surface area contributed by atoms with Gasteiger partial charge in [-0.25, -0.2) is 4.79 Å². The van der Waals surface area contributed by atoms with E-state index < -0.39 is 0 Å². The van der Waals surface area contributed by atoms with Crippen LogP contribution in [0, 0.1) is 0 Å². The Morgan fingerprint density at radius 1 is 1.08 bits per heavy atom. The lowest BCUT2D eigenvalue weighted by atomic mass is 10.1. The molecule has 0 atom stereocenters. The van der Waals surface area contributed by atoms with Crippen LogP contribution in [0.1, 0.15) is 29.8 Å². The van der Waals surface area contributed by atoms with E-state index in [1.807, 2.05) is 42.5 Å². The lowest BCUT2D eigenvalue weighted by Crippen LogP contribution is -2.09. The van der Waals surface area contributed by atoms with Crippen LogP contribution in [0.15, 0.2) is 54.7 Å². The average molecular weight is 320 g/mol. The highest BCUT2D eigenvalue weighted by molar-refractivity contribution is 6.06. The maximum Gasteiger partial charge on any atom is 0.341 e. The van der Waals surface area contributed by atoms with Crippen molar-refractivity contribution >= 4 is 28.2 Å². The number of carbonyl (C=O) groups excluding carboxylic acids is 1. The molecule has 0 aliphatic rings. The number of carbonyl (C=O) groups is 1. The number of hydrogen-bond donors (Lipinski definition) is 1. The summed E-state index contributed by atoms with van der Waals surface area (Å²) in [4.78, 5) is 16.7. The molecule has 1 heterocycles. The monoisotopic (exact) mass is 320 g/mol. The lowest BCUT2D eigenvalue weighted by molar-refractivity contribution is 0.0527. The van der Waals surface area contributed by atoms with Gasteiger partial charge in [0, 0.05) is 17.3 Å². The van der Waals surface area contributed by atoms with Gasteiger partial charge in [0.2, 0.25) is 0 Å². The first-order chi connectivity index (χ1) is 11.7. The fourth-order valence-electron chi connectivity index (χ4n) is 2.72. The second kappa shape index (κ2) is 7.13. The Hall–Kier alpha value is -2.88. The molecule has 122 valence electrons. The standard InChI is InChI=1S/C20H20N2O2/c1-3-14-9-5-7-11-17(14)22-19-15-10-6-8-12-18(15)21-13-16(19)20(23)24-4-2/h5-13H,3-4H2,1-2H3,(H,21,22). The van der Waals surface area contributed by atoms with Crippen LogP contribution in [0.5, 0.6) is 0 Å². The molecule has 0 bridgehead atoms. The minimum absolute atomic E-state index is 0.330. The first kappa shape index (κ1) is 16.0. The SMILES string of the molecule is CCOC(=O)c1cnc2ccccc2c1Nc1ccccc1CC. The number of anilines is 2. The molecule has 0 aliphatic carbocycles. The molecule has 0 fully saturated rings. The minimum Gasteiger partial charge on any atom is -0.462 e. The maximum atomic E-state index is 12.4. The number of para-hydroxylation sites is 2. The van der Waals surface area contributed by atoms with E-state index in [-0.39, 0.29) is 5.97 Å². The normalized spacial score (nSPS) is 10.6. The largest absolute Gasteiger partial charge is 0.462 e. The highest BCUT2D eigenvalue weighted by Crippen LogP contribution is 2.31. The molecule has 24 heavy (non-hydrogen) atoms. The molecular weight excluding hydrogens is 300 g/mol. The van der Waals surface area contributed by atoms with Crippen LogP contribution < -0.4 is 5.32 Å². The maximum absolute atomic E-state index is 12.4. The van der Waals surface area contributed by atoms with E-state index in [1.54, 1.807) is 13.1 Å². The summed E-state index contributed by atoms with van der Waals surface area (Å²) in [6.07, 6.45) is 2.48. The average Bonchev–Trinajstić information content (AvgIpc) is 2.62. The third-order valence-corrected chi connectivity index (χ3v) is 3.93. The Labute approximate surface area is 141 Å². The van der Waals surface area contributed by atoms with Crippen molar-refractivity contribution in [3.05, 3.63) is 65.9 Å². The van der Waals surface area contributed by atoms with Gasteiger partial charge in [0.05, 0.1) is 17.8 Å². The summed E-state index contributed by atoms with van der Waals surface area (Å²) in [6.45, 7) is 4.24. The van der Waals surface area contributed by atoms with Crippen LogP contribution in [0.4, 0.5) is 11.4 Å². The number of fused-ring (bicyclic) bond motifs is 1. The minimum atomic E-state index is -0.368. The molecule has 0 unspecified atom stereocenters. The number of esters is 1. The number of aromatic nitrogens is 1. The highest BCUT2D eigenvalue weighted by Gasteiger charge is 2.17. The van der Waals surface area contributed by atoms with E-state index >= 15 is 0 Å². The number of hydrogen-bond acceptors (Lipinski definition) is 4. The van der Waals surface area contributed by atoms with Crippen molar-refractivity contribution in [3.63, 3.8) is 0 Å². The van der Waals surface area contributed by atoms with E-state index in [0.29, 0.717) is 12.2 Å². The molecule has 0 amide bonds. The quantitative estimate of drug-likeness (QED) is 0.691. The second-order valence-corrected chi connectivity index (χ2v) is 5.42. The van der Waals surface area contributed by atoms with Crippen molar-refractivity contribution in [2.75, 3.05) is 11.9 Å². The molecule has 4 heteroatoms. The summed E-state index contributed by atoms with van der Waals surface area (Å²) in [5.41, 5.74) is 4.19. The van der Waals surface area contributed by atoms with Gasteiger partial charge in [-0.2, -0.15) is 0 Å². The van der Waals surface area contributed by atoms with E-state index in [4.69, 9.17) is 4.74 Å². The summed E-state index contributed by atoms with van der Waals surface area (Å²) in [5.74, 6) is -0.368. The van der Waals surface area contributed by atoms with Gasteiger partial charge in [-0.1, -0.05) is 43.3 Å². The number of rotatable bonds is 5. The summed E-state index contributed by atoms with van der Waals surface area (Å²) < 4.78 is 5.19. The second-order valence-electron chi connectivity index (χ2n) is 5.42. The number of aryl methyl sites for hydroxylation is 1. The Bertz CT molecular complexity index is 874. The van der Waals surface area contributed by atoms with Gasteiger partial charge in [0.25, 0.3) is 0 Å². The van der Waals surface area contributed by atoms with Gasteiger partial charge in [0.1, 0.15) is 5.56 Å².